The number of pyridine rings is 1. The van der Waals surface area contributed by atoms with Crippen molar-refractivity contribution in [3.8, 4) is 11.5 Å². The lowest BCUT2D eigenvalue weighted by Crippen LogP contribution is -2.51. The summed E-state index contributed by atoms with van der Waals surface area (Å²) in [5.74, 6) is 0.817. The summed E-state index contributed by atoms with van der Waals surface area (Å²) in [6, 6.07) is 5.45. The molecule has 1 aliphatic rings. The van der Waals surface area contributed by atoms with Crippen LogP contribution in [-0.4, -0.2) is 68.7 Å². The third kappa shape index (κ3) is 5.28. The van der Waals surface area contributed by atoms with Gasteiger partial charge < -0.3 is 19.1 Å². The van der Waals surface area contributed by atoms with Crippen LogP contribution in [0.1, 0.15) is 33.1 Å². The van der Waals surface area contributed by atoms with Crippen LogP contribution >= 0.6 is 0 Å². The molecule has 0 aliphatic carbocycles. The van der Waals surface area contributed by atoms with Crippen LogP contribution < -0.4 is 0 Å². The Balaban J connectivity index is 1.45. The van der Waals surface area contributed by atoms with Crippen LogP contribution in [0.4, 0.5) is 4.79 Å². The van der Waals surface area contributed by atoms with Crippen molar-refractivity contribution in [3.63, 3.8) is 0 Å². The van der Waals surface area contributed by atoms with Crippen molar-refractivity contribution < 1.29 is 18.8 Å². The molecule has 3 heterocycles. The molecule has 150 valence electrons. The maximum absolute atomic E-state index is 12.4. The van der Waals surface area contributed by atoms with E-state index < -0.39 is 5.60 Å². The maximum atomic E-state index is 12.4. The number of hydrogen-bond acceptors (Lipinski definition) is 7. The fraction of sp³-hybridized carbons (Fsp3) is 0.526. The monoisotopic (exact) mass is 387 g/mol. The minimum atomic E-state index is -0.526. The summed E-state index contributed by atoms with van der Waals surface area (Å²) in [4.78, 5) is 36.4. The minimum Gasteiger partial charge on any atom is -0.444 e. The first kappa shape index (κ1) is 19.8. The second-order valence-corrected chi connectivity index (χ2v) is 7.57. The van der Waals surface area contributed by atoms with E-state index in [2.05, 4.69) is 15.1 Å². The molecule has 0 aromatic carbocycles. The number of aryl methyl sites for hydroxylation is 1. The Morgan fingerprint density at radius 3 is 2.50 bits per heavy atom. The molecule has 28 heavy (non-hydrogen) atoms. The predicted octanol–water partition coefficient (Wildman–Crippen LogP) is 2.14. The van der Waals surface area contributed by atoms with E-state index in [1.807, 2.05) is 32.9 Å². The molecular weight excluding hydrogens is 362 g/mol. The Hall–Kier alpha value is -2.97. The van der Waals surface area contributed by atoms with E-state index in [9.17, 15) is 9.59 Å². The second-order valence-electron chi connectivity index (χ2n) is 7.57. The third-order valence-corrected chi connectivity index (χ3v) is 4.20. The normalized spacial score (nSPS) is 14.8. The van der Waals surface area contributed by atoms with Crippen LogP contribution in [0.2, 0.25) is 0 Å². The topological polar surface area (TPSA) is 102 Å². The number of amides is 2. The summed E-state index contributed by atoms with van der Waals surface area (Å²) < 4.78 is 10.6. The quantitative estimate of drug-likeness (QED) is 0.792. The lowest BCUT2D eigenvalue weighted by atomic mass is 10.2. The van der Waals surface area contributed by atoms with E-state index in [0.29, 0.717) is 50.0 Å². The lowest BCUT2D eigenvalue weighted by molar-refractivity contribution is -0.133. The number of aromatic nitrogens is 3. The van der Waals surface area contributed by atoms with Gasteiger partial charge in [0.05, 0.1) is 0 Å². The molecule has 1 aliphatic heterocycles. The van der Waals surface area contributed by atoms with Crippen molar-refractivity contribution >= 4 is 12.0 Å². The van der Waals surface area contributed by atoms with E-state index in [1.165, 1.54) is 0 Å². The highest BCUT2D eigenvalue weighted by Gasteiger charge is 2.27. The molecule has 1 saturated heterocycles. The molecule has 3 rings (SSSR count). The first-order valence-corrected chi connectivity index (χ1v) is 9.31. The van der Waals surface area contributed by atoms with Gasteiger partial charge in [-0.1, -0.05) is 11.2 Å². The average Bonchev–Trinajstić information content (AvgIpc) is 3.15. The second kappa shape index (κ2) is 8.37. The van der Waals surface area contributed by atoms with Crippen molar-refractivity contribution in [1.82, 2.24) is 24.9 Å². The van der Waals surface area contributed by atoms with Crippen molar-refractivity contribution in [3.05, 3.63) is 30.3 Å². The van der Waals surface area contributed by atoms with Gasteiger partial charge in [-0.3, -0.25) is 9.78 Å². The van der Waals surface area contributed by atoms with Gasteiger partial charge >= 0.3 is 6.09 Å². The van der Waals surface area contributed by atoms with Crippen molar-refractivity contribution in [2.75, 3.05) is 26.2 Å². The predicted molar refractivity (Wildman–Crippen MR) is 100 cm³/mol. The van der Waals surface area contributed by atoms with Gasteiger partial charge in [0.2, 0.25) is 17.6 Å². The summed E-state index contributed by atoms with van der Waals surface area (Å²) in [7, 11) is 0. The molecule has 0 spiro atoms. The number of carbonyl (C=O) groups is 2. The Bertz CT molecular complexity index is 807. The van der Waals surface area contributed by atoms with E-state index in [0.717, 1.165) is 0 Å². The van der Waals surface area contributed by atoms with E-state index in [4.69, 9.17) is 9.26 Å². The Morgan fingerprint density at radius 1 is 1.14 bits per heavy atom. The molecule has 2 aromatic rings. The van der Waals surface area contributed by atoms with Crippen molar-refractivity contribution in [2.45, 2.75) is 39.2 Å². The largest absolute Gasteiger partial charge is 0.444 e. The summed E-state index contributed by atoms with van der Waals surface area (Å²) >= 11 is 0. The zero-order chi connectivity index (χ0) is 20.1. The van der Waals surface area contributed by atoms with Crippen LogP contribution in [0.3, 0.4) is 0 Å². The molecule has 9 nitrogen and oxygen atoms in total. The van der Waals surface area contributed by atoms with E-state index >= 15 is 0 Å². The van der Waals surface area contributed by atoms with Gasteiger partial charge in [-0.05, 0) is 32.9 Å². The van der Waals surface area contributed by atoms with E-state index in [-0.39, 0.29) is 18.4 Å². The highest BCUT2D eigenvalue weighted by Crippen LogP contribution is 2.15. The molecule has 2 amide bonds. The van der Waals surface area contributed by atoms with Gasteiger partial charge in [0, 0.05) is 45.2 Å². The molecule has 0 atom stereocenters. The smallest absolute Gasteiger partial charge is 0.410 e. The Morgan fingerprint density at radius 2 is 1.86 bits per heavy atom. The number of hydrogen-bond donors (Lipinski definition) is 0. The fourth-order valence-corrected chi connectivity index (χ4v) is 2.79. The first-order chi connectivity index (χ1) is 13.3. The molecule has 0 N–H and O–H groups in total. The van der Waals surface area contributed by atoms with Gasteiger partial charge in [-0.25, -0.2) is 4.79 Å². The van der Waals surface area contributed by atoms with Gasteiger partial charge in [-0.2, -0.15) is 4.98 Å². The van der Waals surface area contributed by atoms with Crippen molar-refractivity contribution in [1.29, 1.82) is 0 Å². The zero-order valence-electron chi connectivity index (χ0n) is 16.4. The van der Waals surface area contributed by atoms with Gasteiger partial charge in [-0.15, -0.1) is 0 Å². The molecule has 0 radical (unpaired) electrons. The highest BCUT2D eigenvalue weighted by molar-refractivity contribution is 5.77. The van der Waals surface area contributed by atoms with Crippen LogP contribution in [0.15, 0.2) is 28.9 Å². The van der Waals surface area contributed by atoms with Gasteiger partial charge in [0.1, 0.15) is 11.3 Å². The maximum Gasteiger partial charge on any atom is 0.410 e. The van der Waals surface area contributed by atoms with Gasteiger partial charge in [0.25, 0.3) is 0 Å². The fourth-order valence-electron chi connectivity index (χ4n) is 2.79. The zero-order valence-corrected chi connectivity index (χ0v) is 16.4. The number of ether oxygens (including phenoxy) is 1. The summed E-state index contributed by atoms with van der Waals surface area (Å²) in [6.45, 7) is 7.41. The Labute approximate surface area is 163 Å². The molecule has 0 unspecified atom stereocenters. The van der Waals surface area contributed by atoms with Crippen LogP contribution in [0, 0.1) is 0 Å². The third-order valence-electron chi connectivity index (χ3n) is 4.20. The summed E-state index contributed by atoms with van der Waals surface area (Å²) in [5.41, 5.74) is 0.101. The number of rotatable bonds is 4. The number of carbonyl (C=O) groups excluding carboxylic acids is 2. The van der Waals surface area contributed by atoms with Crippen molar-refractivity contribution in [2.24, 2.45) is 0 Å². The molecule has 0 bridgehead atoms. The standard InChI is InChI=1S/C19H25N5O4/c1-19(2,3)27-18(26)24-12-10-23(11-13-24)16(25)8-7-15-21-17(22-28-15)14-6-4-5-9-20-14/h4-6,9H,7-8,10-13H2,1-3H3. The van der Waals surface area contributed by atoms with Crippen LogP contribution in [-0.2, 0) is 16.0 Å². The molecule has 9 heteroatoms. The lowest BCUT2D eigenvalue weighted by Gasteiger charge is -2.35. The van der Waals surface area contributed by atoms with Crippen LogP contribution in [0.5, 0.6) is 0 Å². The highest BCUT2D eigenvalue weighted by atomic mass is 16.6. The number of piperazine rings is 1. The first-order valence-electron chi connectivity index (χ1n) is 9.31. The van der Waals surface area contributed by atoms with E-state index in [1.54, 1.807) is 22.1 Å². The molecule has 1 fully saturated rings. The summed E-state index contributed by atoms with van der Waals surface area (Å²) in [6.07, 6.45) is 1.96. The molecular formula is C19H25N5O4. The molecule has 2 aromatic heterocycles. The average molecular weight is 387 g/mol. The minimum absolute atomic E-state index is 0.00132. The van der Waals surface area contributed by atoms with Gasteiger partial charge in [0.15, 0.2) is 0 Å². The number of nitrogens with zero attached hydrogens (tertiary/aromatic N) is 5. The summed E-state index contributed by atoms with van der Waals surface area (Å²) in [5, 5.41) is 3.90. The SMILES string of the molecule is CC(C)(C)OC(=O)N1CCN(C(=O)CCc2nc(-c3ccccn3)no2)CC1. The van der Waals surface area contributed by atoms with Crippen LogP contribution in [0.25, 0.3) is 11.5 Å². The molecule has 0 saturated carbocycles. The Kier molecular flexibility index (Phi) is 5.91.